The highest BCUT2D eigenvalue weighted by molar-refractivity contribution is 5.92. The van der Waals surface area contributed by atoms with Gasteiger partial charge in [-0.3, -0.25) is 14.6 Å². The molecule has 1 fully saturated rings. The minimum Gasteiger partial charge on any atom is -0.353 e. The Bertz CT molecular complexity index is 858. The van der Waals surface area contributed by atoms with E-state index in [1.54, 1.807) is 6.92 Å². The van der Waals surface area contributed by atoms with Gasteiger partial charge in [-0.05, 0) is 37.5 Å². The number of rotatable bonds is 5. The first-order valence-electron chi connectivity index (χ1n) is 8.08. The summed E-state index contributed by atoms with van der Waals surface area (Å²) < 4.78 is 37.8. The lowest BCUT2D eigenvalue weighted by Gasteiger charge is -2.15. The van der Waals surface area contributed by atoms with Crippen molar-refractivity contribution in [2.75, 3.05) is 5.32 Å². The number of benzene rings is 1. The number of nitrogens with zero attached hydrogens (tertiary/aromatic N) is 1. The molecule has 1 amide bonds. The Morgan fingerprint density at radius 2 is 1.92 bits per heavy atom. The van der Waals surface area contributed by atoms with Crippen LogP contribution in [0.2, 0.25) is 0 Å². The van der Waals surface area contributed by atoms with E-state index in [9.17, 15) is 22.8 Å². The van der Waals surface area contributed by atoms with Crippen molar-refractivity contribution in [1.29, 1.82) is 0 Å². The van der Waals surface area contributed by atoms with Crippen molar-refractivity contribution >= 4 is 11.9 Å². The van der Waals surface area contributed by atoms with Crippen molar-refractivity contribution in [1.82, 2.24) is 15.3 Å². The zero-order chi connectivity index (χ0) is 18.9. The Balaban J connectivity index is 1.70. The highest BCUT2D eigenvalue weighted by Gasteiger charge is 2.30. The van der Waals surface area contributed by atoms with Crippen LogP contribution in [0.4, 0.5) is 19.1 Å². The smallest absolute Gasteiger partial charge is 0.353 e. The number of anilines is 1. The van der Waals surface area contributed by atoms with Gasteiger partial charge in [0.1, 0.15) is 5.69 Å². The van der Waals surface area contributed by atoms with Crippen molar-refractivity contribution in [2.45, 2.75) is 38.0 Å². The lowest BCUT2D eigenvalue weighted by atomic mass is 10.1. The Morgan fingerprint density at radius 3 is 2.50 bits per heavy atom. The zero-order valence-electron chi connectivity index (χ0n) is 13.9. The Kier molecular flexibility index (Phi) is 4.71. The SMILES string of the molecule is CC(NC(=O)c1cc(=O)[nH]c(NC2CC2)n1)c1ccc(C(F)(F)F)cc1. The predicted molar refractivity (Wildman–Crippen MR) is 88.8 cm³/mol. The molecule has 26 heavy (non-hydrogen) atoms. The third kappa shape index (κ3) is 4.41. The molecule has 1 heterocycles. The molecule has 1 saturated carbocycles. The monoisotopic (exact) mass is 366 g/mol. The van der Waals surface area contributed by atoms with Gasteiger partial charge >= 0.3 is 6.18 Å². The Labute approximate surface area is 146 Å². The van der Waals surface area contributed by atoms with E-state index in [2.05, 4.69) is 20.6 Å². The molecule has 3 rings (SSSR count). The van der Waals surface area contributed by atoms with E-state index in [1.165, 1.54) is 12.1 Å². The van der Waals surface area contributed by atoms with Crippen LogP contribution in [0.3, 0.4) is 0 Å². The number of halogens is 3. The van der Waals surface area contributed by atoms with Crippen LogP contribution in [0.15, 0.2) is 35.1 Å². The maximum Gasteiger partial charge on any atom is 0.416 e. The molecule has 1 aromatic carbocycles. The number of hydrogen-bond donors (Lipinski definition) is 3. The van der Waals surface area contributed by atoms with E-state index in [-0.39, 0.29) is 17.7 Å². The molecular weight excluding hydrogens is 349 g/mol. The summed E-state index contributed by atoms with van der Waals surface area (Å²) in [7, 11) is 0. The van der Waals surface area contributed by atoms with Crippen LogP contribution in [0.25, 0.3) is 0 Å². The molecule has 0 aliphatic heterocycles. The number of aromatic amines is 1. The quantitative estimate of drug-likeness (QED) is 0.759. The van der Waals surface area contributed by atoms with Crippen molar-refractivity contribution < 1.29 is 18.0 Å². The van der Waals surface area contributed by atoms with Crippen LogP contribution in [0.5, 0.6) is 0 Å². The van der Waals surface area contributed by atoms with Crippen LogP contribution in [-0.2, 0) is 6.18 Å². The summed E-state index contributed by atoms with van der Waals surface area (Å²) in [5, 5.41) is 5.63. The molecule has 1 aliphatic rings. The molecule has 0 radical (unpaired) electrons. The molecule has 0 spiro atoms. The van der Waals surface area contributed by atoms with Gasteiger partial charge in [-0.1, -0.05) is 12.1 Å². The Hall–Kier alpha value is -2.84. The van der Waals surface area contributed by atoms with Crippen LogP contribution in [-0.4, -0.2) is 21.9 Å². The topological polar surface area (TPSA) is 86.9 Å². The molecule has 0 bridgehead atoms. The average Bonchev–Trinajstić information content (AvgIpc) is 3.37. The average molecular weight is 366 g/mol. The molecule has 3 N–H and O–H groups in total. The predicted octanol–water partition coefficient (Wildman–Crippen LogP) is 2.85. The molecule has 1 aromatic heterocycles. The third-order valence-corrected chi connectivity index (χ3v) is 3.98. The Morgan fingerprint density at radius 1 is 1.27 bits per heavy atom. The molecule has 1 aliphatic carbocycles. The van der Waals surface area contributed by atoms with Crippen molar-refractivity contribution in [2.24, 2.45) is 0 Å². The minimum absolute atomic E-state index is 0.0596. The van der Waals surface area contributed by atoms with Gasteiger partial charge in [-0.25, -0.2) is 4.98 Å². The fraction of sp³-hybridized carbons (Fsp3) is 0.353. The maximum atomic E-state index is 12.6. The van der Waals surface area contributed by atoms with E-state index in [1.807, 2.05) is 0 Å². The zero-order valence-corrected chi connectivity index (χ0v) is 13.9. The lowest BCUT2D eigenvalue weighted by Crippen LogP contribution is -2.29. The van der Waals surface area contributed by atoms with Crippen LogP contribution in [0, 0.1) is 0 Å². The highest BCUT2D eigenvalue weighted by Crippen LogP contribution is 2.30. The normalized spacial score (nSPS) is 15.4. The van der Waals surface area contributed by atoms with Crippen molar-refractivity contribution in [3.05, 3.63) is 57.5 Å². The van der Waals surface area contributed by atoms with Gasteiger partial charge in [0.15, 0.2) is 0 Å². The number of carbonyl (C=O) groups excluding carboxylic acids is 1. The van der Waals surface area contributed by atoms with Gasteiger partial charge in [0, 0.05) is 12.1 Å². The van der Waals surface area contributed by atoms with Gasteiger partial charge in [-0.15, -0.1) is 0 Å². The number of carbonyl (C=O) groups is 1. The first-order valence-corrected chi connectivity index (χ1v) is 8.08. The first kappa shape index (κ1) is 18.0. The van der Waals surface area contributed by atoms with Crippen molar-refractivity contribution in [3.63, 3.8) is 0 Å². The van der Waals surface area contributed by atoms with E-state index in [4.69, 9.17) is 0 Å². The van der Waals surface area contributed by atoms with Gasteiger partial charge in [0.25, 0.3) is 11.5 Å². The first-order chi connectivity index (χ1) is 12.2. The summed E-state index contributed by atoms with van der Waals surface area (Å²) >= 11 is 0. The molecule has 6 nitrogen and oxygen atoms in total. The van der Waals surface area contributed by atoms with Gasteiger partial charge < -0.3 is 10.6 Å². The molecule has 1 atom stereocenters. The fourth-order valence-electron chi connectivity index (χ4n) is 2.38. The van der Waals surface area contributed by atoms with Crippen LogP contribution in [0.1, 0.15) is 47.4 Å². The second-order valence-corrected chi connectivity index (χ2v) is 6.21. The largest absolute Gasteiger partial charge is 0.416 e. The van der Waals surface area contributed by atoms with E-state index in [0.29, 0.717) is 5.56 Å². The molecule has 138 valence electrons. The van der Waals surface area contributed by atoms with Gasteiger partial charge in [0.2, 0.25) is 5.95 Å². The second-order valence-electron chi connectivity index (χ2n) is 6.21. The van der Waals surface area contributed by atoms with Crippen LogP contribution < -0.4 is 16.2 Å². The van der Waals surface area contributed by atoms with Crippen molar-refractivity contribution in [3.8, 4) is 0 Å². The molecule has 1 unspecified atom stereocenters. The lowest BCUT2D eigenvalue weighted by molar-refractivity contribution is -0.137. The number of amides is 1. The van der Waals surface area contributed by atoms with E-state index < -0.39 is 29.2 Å². The number of alkyl halides is 3. The molecule has 2 aromatic rings. The summed E-state index contributed by atoms with van der Waals surface area (Å²) in [5.41, 5.74) is -0.773. The highest BCUT2D eigenvalue weighted by atomic mass is 19.4. The number of nitrogens with one attached hydrogen (secondary N) is 3. The minimum atomic E-state index is -4.41. The maximum absolute atomic E-state index is 12.6. The standard InChI is InChI=1S/C17H17F3N4O2/c1-9(10-2-4-11(5-3-10)17(18,19)20)21-15(26)13-8-14(25)24-16(23-13)22-12-6-7-12/h2-5,8-9,12H,6-7H2,1H3,(H,21,26)(H2,22,23,24,25). The fourth-order valence-corrected chi connectivity index (χ4v) is 2.38. The molecule has 0 saturated heterocycles. The van der Waals surface area contributed by atoms with E-state index in [0.717, 1.165) is 31.0 Å². The van der Waals surface area contributed by atoms with E-state index >= 15 is 0 Å². The number of H-pyrrole nitrogens is 1. The number of hydrogen-bond acceptors (Lipinski definition) is 4. The summed E-state index contributed by atoms with van der Waals surface area (Å²) in [6.07, 6.45) is -2.46. The summed E-state index contributed by atoms with van der Waals surface area (Å²) in [6, 6.07) is 5.31. The molecular formula is C17H17F3N4O2. The summed E-state index contributed by atoms with van der Waals surface area (Å²) in [4.78, 5) is 30.6. The van der Waals surface area contributed by atoms with Crippen LogP contribution >= 0.6 is 0 Å². The third-order valence-electron chi connectivity index (χ3n) is 3.98. The van der Waals surface area contributed by atoms with Gasteiger partial charge in [0.05, 0.1) is 11.6 Å². The summed E-state index contributed by atoms with van der Waals surface area (Å²) in [6.45, 7) is 1.64. The summed E-state index contributed by atoms with van der Waals surface area (Å²) in [5.74, 6) is -0.352. The number of aromatic nitrogens is 2. The van der Waals surface area contributed by atoms with Gasteiger partial charge in [-0.2, -0.15) is 13.2 Å². The second kappa shape index (κ2) is 6.81. The molecule has 9 heteroatoms.